The van der Waals surface area contributed by atoms with Crippen LogP contribution in [0.5, 0.6) is 0 Å². The Morgan fingerprint density at radius 3 is 2.50 bits per heavy atom. The normalized spacial score (nSPS) is 11.9. The molecule has 0 saturated carbocycles. The third-order valence-electron chi connectivity index (χ3n) is 5.15. The fourth-order valence-corrected chi connectivity index (χ4v) is 4.48. The number of nitrogens with zero attached hydrogens (tertiary/aromatic N) is 2. The summed E-state index contributed by atoms with van der Waals surface area (Å²) >= 11 is 7.29. The number of amides is 2. The number of nitrogens with two attached hydrogens (primary N) is 1. The molecule has 0 saturated heterocycles. The van der Waals surface area contributed by atoms with Crippen LogP contribution in [0.4, 0.5) is 5.69 Å². The summed E-state index contributed by atoms with van der Waals surface area (Å²) < 4.78 is 1.51. The molecule has 0 radical (unpaired) electrons. The second kappa shape index (κ2) is 9.70. The first-order valence-electron chi connectivity index (χ1n) is 10.4. The van der Waals surface area contributed by atoms with Gasteiger partial charge in [0.25, 0.3) is 5.56 Å². The SMILES string of the molecule is Cc1cccc(-n2c(SC(C)C(=O)Nc3ccc(C(N)=O)cc3)nc3cc(Cl)ccc3c2=O)c1. The molecule has 1 atom stereocenters. The van der Waals surface area contributed by atoms with Gasteiger partial charge in [-0.15, -0.1) is 0 Å². The van der Waals surface area contributed by atoms with E-state index in [4.69, 9.17) is 17.3 Å². The zero-order chi connectivity index (χ0) is 24.4. The largest absolute Gasteiger partial charge is 0.366 e. The third kappa shape index (κ3) is 4.98. The van der Waals surface area contributed by atoms with Crippen LogP contribution in [0, 0.1) is 6.92 Å². The maximum Gasteiger partial charge on any atom is 0.266 e. The summed E-state index contributed by atoms with van der Waals surface area (Å²) in [5.74, 6) is -0.827. The first-order chi connectivity index (χ1) is 16.2. The molecule has 0 fully saturated rings. The summed E-state index contributed by atoms with van der Waals surface area (Å²) in [6.45, 7) is 3.67. The van der Waals surface area contributed by atoms with Crippen LogP contribution in [-0.4, -0.2) is 26.6 Å². The zero-order valence-electron chi connectivity index (χ0n) is 18.4. The summed E-state index contributed by atoms with van der Waals surface area (Å²) in [5, 5.41) is 3.49. The minimum absolute atomic E-state index is 0.246. The second-order valence-corrected chi connectivity index (χ2v) is 9.47. The van der Waals surface area contributed by atoms with Crippen LogP contribution in [0.15, 0.2) is 76.7 Å². The molecule has 34 heavy (non-hydrogen) atoms. The molecule has 0 bridgehead atoms. The van der Waals surface area contributed by atoms with Gasteiger partial charge >= 0.3 is 0 Å². The molecule has 172 valence electrons. The Morgan fingerprint density at radius 1 is 1.09 bits per heavy atom. The number of thioether (sulfide) groups is 1. The Morgan fingerprint density at radius 2 is 1.82 bits per heavy atom. The molecule has 3 N–H and O–H groups in total. The van der Waals surface area contributed by atoms with Crippen molar-refractivity contribution in [3.8, 4) is 5.69 Å². The van der Waals surface area contributed by atoms with Gasteiger partial charge < -0.3 is 11.1 Å². The van der Waals surface area contributed by atoms with Gasteiger partial charge in [0.2, 0.25) is 11.8 Å². The molecular weight excluding hydrogens is 472 g/mol. The number of carbonyl (C=O) groups excluding carboxylic acids is 2. The number of benzene rings is 3. The lowest BCUT2D eigenvalue weighted by Crippen LogP contribution is -2.26. The van der Waals surface area contributed by atoms with Crippen molar-refractivity contribution in [1.82, 2.24) is 9.55 Å². The van der Waals surface area contributed by atoms with Gasteiger partial charge in [-0.1, -0.05) is 35.5 Å². The molecule has 0 aliphatic heterocycles. The topological polar surface area (TPSA) is 107 Å². The van der Waals surface area contributed by atoms with Gasteiger partial charge in [0, 0.05) is 16.3 Å². The number of primary amides is 1. The van der Waals surface area contributed by atoms with Gasteiger partial charge in [-0.25, -0.2) is 4.98 Å². The molecule has 0 aliphatic rings. The number of hydrogen-bond donors (Lipinski definition) is 2. The van der Waals surface area contributed by atoms with Crippen LogP contribution < -0.4 is 16.6 Å². The Labute approximate surface area is 205 Å². The highest BCUT2D eigenvalue weighted by molar-refractivity contribution is 8.00. The number of fused-ring (bicyclic) bond motifs is 1. The highest BCUT2D eigenvalue weighted by Gasteiger charge is 2.21. The van der Waals surface area contributed by atoms with Crippen molar-refractivity contribution in [3.63, 3.8) is 0 Å². The zero-order valence-corrected chi connectivity index (χ0v) is 20.0. The average molecular weight is 493 g/mol. The van der Waals surface area contributed by atoms with E-state index < -0.39 is 11.2 Å². The van der Waals surface area contributed by atoms with E-state index in [1.165, 1.54) is 4.57 Å². The fraction of sp³-hybridized carbons (Fsp3) is 0.120. The van der Waals surface area contributed by atoms with Gasteiger partial charge in [0.15, 0.2) is 5.16 Å². The minimum atomic E-state index is -0.588. The number of nitrogens with one attached hydrogen (secondary N) is 1. The first-order valence-corrected chi connectivity index (χ1v) is 11.7. The fourth-order valence-electron chi connectivity index (χ4n) is 3.39. The lowest BCUT2D eigenvalue weighted by atomic mass is 10.2. The van der Waals surface area contributed by atoms with Crippen molar-refractivity contribution in [2.75, 3.05) is 5.32 Å². The average Bonchev–Trinajstić information content (AvgIpc) is 2.79. The molecule has 7 nitrogen and oxygen atoms in total. The van der Waals surface area contributed by atoms with Crippen LogP contribution >= 0.6 is 23.4 Å². The molecule has 4 rings (SSSR count). The van der Waals surface area contributed by atoms with Crippen molar-refractivity contribution < 1.29 is 9.59 Å². The van der Waals surface area contributed by atoms with Crippen LogP contribution in [0.2, 0.25) is 5.02 Å². The van der Waals surface area contributed by atoms with E-state index in [1.807, 2.05) is 31.2 Å². The van der Waals surface area contributed by atoms with E-state index in [2.05, 4.69) is 10.3 Å². The quantitative estimate of drug-likeness (QED) is 0.303. The van der Waals surface area contributed by atoms with Gasteiger partial charge in [-0.3, -0.25) is 19.0 Å². The molecular formula is C25H21ClN4O3S. The van der Waals surface area contributed by atoms with Crippen molar-refractivity contribution in [2.24, 2.45) is 5.73 Å². The lowest BCUT2D eigenvalue weighted by Gasteiger charge is -2.17. The molecule has 1 aromatic heterocycles. The van der Waals surface area contributed by atoms with Crippen LogP contribution in [0.3, 0.4) is 0 Å². The Kier molecular flexibility index (Phi) is 6.72. The summed E-state index contributed by atoms with van der Waals surface area (Å²) in [4.78, 5) is 42.2. The van der Waals surface area contributed by atoms with Crippen molar-refractivity contribution >= 4 is 51.8 Å². The minimum Gasteiger partial charge on any atom is -0.366 e. The van der Waals surface area contributed by atoms with E-state index in [0.29, 0.717) is 38.0 Å². The third-order valence-corrected chi connectivity index (χ3v) is 6.44. The van der Waals surface area contributed by atoms with Crippen LogP contribution in [0.1, 0.15) is 22.8 Å². The molecule has 3 aromatic carbocycles. The summed E-state index contributed by atoms with van der Waals surface area (Å²) in [7, 11) is 0. The van der Waals surface area contributed by atoms with E-state index in [0.717, 1.165) is 17.3 Å². The number of rotatable bonds is 6. The molecule has 1 unspecified atom stereocenters. The van der Waals surface area contributed by atoms with E-state index in [-0.39, 0.29) is 11.5 Å². The summed E-state index contributed by atoms with van der Waals surface area (Å²) in [6, 6.07) is 18.8. The van der Waals surface area contributed by atoms with Crippen LogP contribution in [0.25, 0.3) is 16.6 Å². The van der Waals surface area contributed by atoms with E-state index in [9.17, 15) is 14.4 Å². The van der Waals surface area contributed by atoms with Crippen molar-refractivity contribution in [1.29, 1.82) is 0 Å². The number of anilines is 1. The highest BCUT2D eigenvalue weighted by atomic mass is 35.5. The molecule has 9 heteroatoms. The first kappa shape index (κ1) is 23.5. The number of carbonyl (C=O) groups is 2. The second-order valence-electron chi connectivity index (χ2n) is 7.73. The number of aromatic nitrogens is 2. The lowest BCUT2D eigenvalue weighted by molar-refractivity contribution is -0.115. The van der Waals surface area contributed by atoms with Crippen LogP contribution in [-0.2, 0) is 4.79 Å². The van der Waals surface area contributed by atoms with Crippen molar-refractivity contribution in [3.05, 3.63) is 93.2 Å². The molecule has 0 aliphatic carbocycles. The molecule has 0 spiro atoms. The molecule has 2 amide bonds. The van der Waals surface area contributed by atoms with Gasteiger partial charge in [0.05, 0.1) is 21.8 Å². The number of aryl methyl sites for hydroxylation is 1. The predicted octanol–water partition coefficient (Wildman–Crippen LogP) is 4.57. The smallest absolute Gasteiger partial charge is 0.266 e. The summed E-state index contributed by atoms with van der Waals surface area (Å²) in [6.07, 6.45) is 0. The highest BCUT2D eigenvalue weighted by Crippen LogP contribution is 2.27. The summed E-state index contributed by atoms with van der Waals surface area (Å²) in [5.41, 5.74) is 7.99. The number of hydrogen-bond acceptors (Lipinski definition) is 5. The maximum atomic E-state index is 13.4. The predicted molar refractivity (Wildman–Crippen MR) is 136 cm³/mol. The number of halogens is 1. The Hall–Kier alpha value is -3.62. The van der Waals surface area contributed by atoms with Gasteiger partial charge in [-0.05, 0) is 74.0 Å². The Bertz CT molecular complexity index is 1470. The van der Waals surface area contributed by atoms with E-state index in [1.54, 1.807) is 49.4 Å². The monoisotopic (exact) mass is 492 g/mol. The molecule has 1 heterocycles. The standard InChI is InChI=1S/C25H21ClN4O3S/c1-14-4-3-5-19(12-14)30-24(33)20-11-8-17(26)13-21(20)29-25(30)34-15(2)23(32)28-18-9-6-16(7-10-18)22(27)31/h3-13,15H,1-2H3,(H2,27,31)(H,28,32). The Balaban J connectivity index is 1.69. The van der Waals surface area contributed by atoms with E-state index >= 15 is 0 Å². The van der Waals surface area contributed by atoms with Gasteiger partial charge in [0.1, 0.15) is 0 Å². The van der Waals surface area contributed by atoms with Gasteiger partial charge in [-0.2, -0.15) is 0 Å². The molecule has 4 aromatic rings. The van der Waals surface area contributed by atoms with Crippen molar-refractivity contribution in [2.45, 2.75) is 24.3 Å². The maximum absolute atomic E-state index is 13.4.